The van der Waals surface area contributed by atoms with Gasteiger partial charge in [0, 0.05) is 19.7 Å². The molecule has 10 heteroatoms. The van der Waals surface area contributed by atoms with E-state index in [1.54, 1.807) is 20.2 Å². The Morgan fingerprint density at radius 2 is 2.12 bits per heavy atom. The van der Waals surface area contributed by atoms with Crippen molar-refractivity contribution in [2.75, 3.05) is 14.1 Å². The molecule has 2 heterocycles. The van der Waals surface area contributed by atoms with Crippen molar-refractivity contribution in [1.29, 1.82) is 0 Å². The maximum atomic E-state index is 12.5. The highest BCUT2D eigenvalue weighted by Crippen LogP contribution is 2.31. The lowest BCUT2D eigenvalue weighted by atomic mass is 10.1. The number of fused-ring (bicyclic) bond motifs is 1. The van der Waals surface area contributed by atoms with E-state index in [2.05, 4.69) is 19.8 Å². The zero-order valence-corrected chi connectivity index (χ0v) is 14.6. The molecule has 0 aliphatic rings. The number of amides is 1. The van der Waals surface area contributed by atoms with Crippen molar-refractivity contribution < 1.29 is 18.3 Å². The Morgan fingerprint density at radius 1 is 1.35 bits per heavy atom. The van der Waals surface area contributed by atoms with E-state index >= 15 is 0 Å². The highest BCUT2D eigenvalue weighted by atomic mass is 35.5. The summed E-state index contributed by atoms with van der Waals surface area (Å²) in [6.45, 7) is -2.98. The first-order valence-electron chi connectivity index (χ1n) is 7.48. The lowest BCUT2D eigenvalue weighted by Gasteiger charge is -2.11. The minimum atomic E-state index is -2.99. The van der Waals surface area contributed by atoms with Gasteiger partial charge in [-0.15, -0.1) is 0 Å². The van der Waals surface area contributed by atoms with Gasteiger partial charge in [-0.25, -0.2) is 14.6 Å². The summed E-state index contributed by atoms with van der Waals surface area (Å²) in [4.78, 5) is 22.1. The van der Waals surface area contributed by atoms with Crippen LogP contribution in [0.3, 0.4) is 0 Å². The third-order valence-corrected chi connectivity index (χ3v) is 3.88. The van der Waals surface area contributed by atoms with Gasteiger partial charge in [-0.05, 0) is 12.1 Å². The molecule has 3 aromatic rings. The van der Waals surface area contributed by atoms with Gasteiger partial charge in [0.1, 0.15) is 17.8 Å². The number of nitrogens with zero attached hydrogens (tertiary/aromatic N) is 5. The standard InChI is InChI=1S/C16H14ClF2N5O2/c1-23(2)14(25)8-24-15-12(7-21-24)20-6-11(22-15)9-3-4-10(17)13(5-9)26-16(18)19/h3-7,16H,8H2,1-2H3. The number of benzene rings is 1. The molecular weight excluding hydrogens is 368 g/mol. The molecule has 2 aromatic heterocycles. The fourth-order valence-electron chi connectivity index (χ4n) is 2.22. The molecule has 0 saturated heterocycles. The van der Waals surface area contributed by atoms with E-state index in [9.17, 15) is 13.6 Å². The number of likely N-dealkylation sites (N-methyl/N-ethyl adjacent to an activating group) is 1. The van der Waals surface area contributed by atoms with Crippen LogP contribution in [0, 0.1) is 0 Å². The Bertz CT molecular complexity index is 961. The molecule has 0 aliphatic heterocycles. The molecule has 26 heavy (non-hydrogen) atoms. The summed E-state index contributed by atoms with van der Waals surface area (Å²) in [5, 5.41) is 4.18. The Hall–Kier alpha value is -2.81. The molecule has 1 aromatic carbocycles. The zero-order valence-electron chi connectivity index (χ0n) is 13.9. The average Bonchev–Trinajstić information content (AvgIpc) is 2.98. The van der Waals surface area contributed by atoms with Gasteiger partial charge >= 0.3 is 6.61 Å². The van der Waals surface area contributed by atoms with E-state index in [-0.39, 0.29) is 23.2 Å². The fraction of sp³-hybridized carbons (Fsp3) is 0.250. The lowest BCUT2D eigenvalue weighted by Crippen LogP contribution is -2.26. The quantitative estimate of drug-likeness (QED) is 0.679. The first kappa shape index (κ1) is 18.0. The summed E-state index contributed by atoms with van der Waals surface area (Å²) < 4.78 is 30.8. The van der Waals surface area contributed by atoms with Crippen LogP contribution in [0.2, 0.25) is 5.02 Å². The minimum Gasteiger partial charge on any atom is -0.433 e. The molecule has 0 N–H and O–H groups in total. The number of alkyl halides is 2. The first-order chi connectivity index (χ1) is 12.3. The number of aromatic nitrogens is 4. The second-order valence-corrected chi connectivity index (χ2v) is 5.99. The molecule has 0 fully saturated rings. The predicted octanol–water partition coefficient (Wildman–Crippen LogP) is 2.84. The van der Waals surface area contributed by atoms with E-state index in [0.29, 0.717) is 22.4 Å². The van der Waals surface area contributed by atoms with E-state index in [0.717, 1.165) is 0 Å². The van der Waals surface area contributed by atoms with Crippen molar-refractivity contribution in [3.05, 3.63) is 35.6 Å². The van der Waals surface area contributed by atoms with Crippen LogP contribution in [-0.4, -0.2) is 51.3 Å². The van der Waals surface area contributed by atoms with Crippen LogP contribution in [0.25, 0.3) is 22.4 Å². The van der Waals surface area contributed by atoms with Crippen LogP contribution in [0.15, 0.2) is 30.6 Å². The monoisotopic (exact) mass is 381 g/mol. The van der Waals surface area contributed by atoms with Gasteiger partial charge in [0.25, 0.3) is 0 Å². The summed E-state index contributed by atoms with van der Waals surface area (Å²) in [5.41, 5.74) is 1.82. The summed E-state index contributed by atoms with van der Waals surface area (Å²) >= 11 is 5.87. The molecule has 0 unspecified atom stereocenters. The number of carbonyl (C=O) groups is 1. The van der Waals surface area contributed by atoms with Crippen LogP contribution >= 0.6 is 11.6 Å². The van der Waals surface area contributed by atoms with Crippen LogP contribution in [0.5, 0.6) is 5.75 Å². The number of halogens is 3. The highest BCUT2D eigenvalue weighted by Gasteiger charge is 2.14. The van der Waals surface area contributed by atoms with Crippen molar-refractivity contribution >= 4 is 28.7 Å². The second-order valence-electron chi connectivity index (χ2n) is 5.58. The van der Waals surface area contributed by atoms with E-state index in [4.69, 9.17) is 11.6 Å². The molecular formula is C16H14ClF2N5O2. The molecule has 0 saturated carbocycles. The Balaban J connectivity index is 2.00. The lowest BCUT2D eigenvalue weighted by molar-refractivity contribution is -0.129. The topological polar surface area (TPSA) is 73.1 Å². The highest BCUT2D eigenvalue weighted by molar-refractivity contribution is 6.32. The SMILES string of the molecule is CN(C)C(=O)Cn1ncc2ncc(-c3ccc(Cl)c(OC(F)F)c3)nc21. The van der Waals surface area contributed by atoms with Gasteiger partial charge in [0.2, 0.25) is 5.91 Å². The van der Waals surface area contributed by atoms with Crippen molar-refractivity contribution in [3.8, 4) is 17.0 Å². The average molecular weight is 382 g/mol. The largest absolute Gasteiger partial charge is 0.433 e. The minimum absolute atomic E-state index is 0.00892. The number of carbonyl (C=O) groups excluding carboxylic acids is 1. The van der Waals surface area contributed by atoms with E-state index in [1.165, 1.54) is 34.1 Å². The van der Waals surface area contributed by atoms with Gasteiger partial charge in [-0.2, -0.15) is 13.9 Å². The summed E-state index contributed by atoms with van der Waals surface area (Å²) in [6.07, 6.45) is 2.99. The van der Waals surface area contributed by atoms with Crippen LogP contribution in [0.1, 0.15) is 0 Å². The summed E-state index contributed by atoms with van der Waals surface area (Å²) in [7, 11) is 3.28. The fourth-order valence-corrected chi connectivity index (χ4v) is 2.38. The normalized spacial score (nSPS) is 11.2. The maximum absolute atomic E-state index is 12.5. The molecule has 136 valence electrons. The molecule has 0 bridgehead atoms. The van der Waals surface area contributed by atoms with Gasteiger partial charge in [-0.3, -0.25) is 4.79 Å². The van der Waals surface area contributed by atoms with Gasteiger partial charge < -0.3 is 9.64 Å². The Labute approximate surface area is 152 Å². The van der Waals surface area contributed by atoms with E-state index in [1.807, 2.05) is 0 Å². The van der Waals surface area contributed by atoms with Gasteiger partial charge in [0.05, 0.1) is 23.1 Å². The number of hydrogen-bond acceptors (Lipinski definition) is 5. The molecule has 0 spiro atoms. The second kappa shape index (κ2) is 7.20. The zero-order chi connectivity index (χ0) is 18.8. The summed E-state index contributed by atoms with van der Waals surface area (Å²) in [6, 6.07) is 4.41. The molecule has 7 nitrogen and oxygen atoms in total. The smallest absolute Gasteiger partial charge is 0.387 e. The molecule has 0 aliphatic carbocycles. The van der Waals surface area contributed by atoms with E-state index < -0.39 is 6.61 Å². The summed E-state index contributed by atoms with van der Waals surface area (Å²) in [5.74, 6) is -0.307. The molecule has 0 atom stereocenters. The van der Waals surface area contributed by atoms with Crippen molar-refractivity contribution in [1.82, 2.24) is 24.6 Å². The van der Waals surface area contributed by atoms with Crippen molar-refractivity contribution in [2.24, 2.45) is 0 Å². The van der Waals surface area contributed by atoms with Crippen LogP contribution in [-0.2, 0) is 11.3 Å². The molecule has 1 amide bonds. The van der Waals surface area contributed by atoms with Crippen LogP contribution in [0.4, 0.5) is 8.78 Å². The molecule has 0 radical (unpaired) electrons. The Morgan fingerprint density at radius 3 is 2.81 bits per heavy atom. The van der Waals surface area contributed by atoms with Crippen molar-refractivity contribution in [2.45, 2.75) is 13.2 Å². The Kier molecular flexibility index (Phi) is 4.99. The van der Waals surface area contributed by atoms with Crippen LogP contribution < -0.4 is 4.74 Å². The van der Waals surface area contributed by atoms with Crippen molar-refractivity contribution in [3.63, 3.8) is 0 Å². The number of rotatable bonds is 5. The number of ether oxygens (including phenoxy) is 1. The first-order valence-corrected chi connectivity index (χ1v) is 7.86. The maximum Gasteiger partial charge on any atom is 0.387 e. The van der Waals surface area contributed by atoms with Gasteiger partial charge in [-0.1, -0.05) is 17.7 Å². The number of hydrogen-bond donors (Lipinski definition) is 0. The van der Waals surface area contributed by atoms with Gasteiger partial charge in [0.15, 0.2) is 5.65 Å². The predicted molar refractivity (Wildman–Crippen MR) is 91.1 cm³/mol. The molecule has 3 rings (SSSR count). The third-order valence-electron chi connectivity index (χ3n) is 3.57. The third kappa shape index (κ3) is 3.72.